The highest BCUT2D eigenvalue weighted by Gasteiger charge is 2.47. The molecule has 0 aromatic carbocycles. The molecule has 2 N–H and O–H groups in total. The molecule has 176 valence electrons. The van der Waals surface area contributed by atoms with Crippen LogP contribution in [0.25, 0.3) is 28.3 Å². The van der Waals surface area contributed by atoms with Crippen LogP contribution in [0.4, 0.5) is 4.39 Å². The van der Waals surface area contributed by atoms with Gasteiger partial charge in [0.1, 0.15) is 23.2 Å². The molecule has 4 aromatic rings. The van der Waals surface area contributed by atoms with Crippen LogP contribution in [0.5, 0.6) is 11.6 Å². The van der Waals surface area contributed by atoms with Gasteiger partial charge < -0.3 is 19.6 Å². The van der Waals surface area contributed by atoms with Crippen LogP contribution in [0.15, 0.2) is 49.2 Å². The average molecular weight is 464 g/mol. The van der Waals surface area contributed by atoms with Gasteiger partial charge >= 0.3 is 0 Å². The maximum atomic E-state index is 15.0. The lowest BCUT2D eigenvalue weighted by atomic mass is 9.79. The summed E-state index contributed by atoms with van der Waals surface area (Å²) < 4.78 is 22.7. The third-order valence-corrected chi connectivity index (χ3v) is 5.99. The number of piperidine rings is 1. The molecule has 2 atom stereocenters. The Labute approximate surface area is 196 Å². The van der Waals surface area contributed by atoms with Gasteiger partial charge in [0.05, 0.1) is 11.9 Å². The topological polar surface area (TPSA) is 110 Å². The molecule has 1 saturated heterocycles. The zero-order chi connectivity index (χ0) is 24.1. The summed E-state index contributed by atoms with van der Waals surface area (Å²) in [6.07, 6.45) is 7.20. The van der Waals surface area contributed by atoms with Gasteiger partial charge in [0, 0.05) is 53.9 Å². The fourth-order valence-electron chi connectivity index (χ4n) is 4.59. The Morgan fingerprint density at radius 1 is 1.09 bits per heavy atom. The number of hydrogen-bond acceptors (Lipinski definition) is 8. The van der Waals surface area contributed by atoms with Crippen molar-refractivity contribution in [1.82, 2.24) is 34.9 Å². The van der Waals surface area contributed by atoms with Gasteiger partial charge in [-0.05, 0) is 39.8 Å². The number of imidazole rings is 1. The Kier molecular flexibility index (Phi) is 5.20. The molecule has 0 saturated carbocycles. The van der Waals surface area contributed by atoms with Crippen LogP contribution >= 0.6 is 0 Å². The minimum Gasteiger partial charge on any atom is -0.506 e. The van der Waals surface area contributed by atoms with Crippen molar-refractivity contribution < 1.29 is 14.2 Å². The predicted octanol–water partition coefficient (Wildman–Crippen LogP) is 3.59. The first kappa shape index (κ1) is 22.1. The number of nitrogens with one attached hydrogen (secondary N) is 1. The second-order valence-electron chi connectivity index (χ2n) is 9.81. The lowest BCUT2D eigenvalue weighted by molar-refractivity contribution is -0.0281. The van der Waals surface area contributed by atoms with Crippen LogP contribution in [0.1, 0.15) is 34.1 Å². The largest absolute Gasteiger partial charge is 0.506 e. The van der Waals surface area contributed by atoms with Crippen molar-refractivity contribution in [3.05, 3.63) is 49.2 Å². The van der Waals surface area contributed by atoms with E-state index in [1.165, 1.54) is 0 Å². The summed E-state index contributed by atoms with van der Waals surface area (Å²) in [5.74, 6) is 0.164. The van der Waals surface area contributed by atoms with E-state index in [4.69, 9.17) is 4.74 Å². The molecule has 34 heavy (non-hydrogen) atoms. The number of rotatable bonds is 4. The normalized spacial score (nSPS) is 21.4. The van der Waals surface area contributed by atoms with E-state index in [1.807, 2.05) is 44.5 Å². The molecule has 1 fully saturated rings. The van der Waals surface area contributed by atoms with Crippen molar-refractivity contribution >= 4 is 5.65 Å². The molecule has 0 amide bonds. The zero-order valence-corrected chi connectivity index (χ0v) is 19.4. The fourth-order valence-corrected chi connectivity index (χ4v) is 4.59. The van der Waals surface area contributed by atoms with Gasteiger partial charge in [0.25, 0.3) is 0 Å². The standard InChI is InChI=1S/C24H26FN7O2/c1-23(2)10-18(22(25)24(3,4)31-23)34-20-6-5-15(29-30-20)21-17(33)9-14(11-28-21)16-13-32-8-7-26-19(32)12-27-16/h5-9,11-13,18,22,31,33H,10H2,1-4H3/t18-,22-/m1/s1. The Morgan fingerprint density at radius 2 is 1.91 bits per heavy atom. The number of aromatic nitrogens is 6. The first-order chi connectivity index (χ1) is 16.1. The quantitative estimate of drug-likeness (QED) is 0.473. The van der Waals surface area contributed by atoms with Gasteiger partial charge in [0.2, 0.25) is 5.88 Å². The minimum absolute atomic E-state index is 0.0568. The lowest BCUT2D eigenvalue weighted by Gasteiger charge is -2.48. The summed E-state index contributed by atoms with van der Waals surface area (Å²) in [4.78, 5) is 12.9. The molecule has 1 aliphatic heterocycles. The first-order valence-corrected chi connectivity index (χ1v) is 11.0. The van der Waals surface area contributed by atoms with Crippen LogP contribution in [0.3, 0.4) is 0 Å². The summed E-state index contributed by atoms with van der Waals surface area (Å²) in [6, 6.07) is 4.83. The average Bonchev–Trinajstić information content (AvgIpc) is 3.25. The van der Waals surface area contributed by atoms with Crippen LogP contribution in [0, 0.1) is 0 Å². The van der Waals surface area contributed by atoms with E-state index in [9.17, 15) is 5.11 Å². The highest BCUT2D eigenvalue weighted by Crippen LogP contribution is 2.34. The second-order valence-corrected chi connectivity index (χ2v) is 9.81. The Bertz CT molecular complexity index is 1340. The summed E-state index contributed by atoms with van der Waals surface area (Å²) in [5, 5.41) is 22.2. The van der Waals surface area contributed by atoms with Gasteiger partial charge in [-0.15, -0.1) is 10.2 Å². The molecule has 10 heteroatoms. The van der Waals surface area contributed by atoms with E-state index in [-0.39, 0.29) is 22.9 Å². The number of ether oxygens (including phenoxy) is 1. The second kappa shape index (κ2) is 7.98. The summed E-state index contributed by atoms with van der Waals surface area (Å²) in [6.45, 7) is 7.69. The number of nitrogens with zero attached hydrogens (tertiary/aromatic N) is 6. The number of fused-ring (bicyclic) bond motifs is 1. The number of pyridine rings is 1. The van der Waals surface area contributed by atoms with E-state index >= 15 is 4.39 Å². The SMILES string of the molecule is CC1(C)C[C@@H](Oc2ccc(-c3ncc(-c4cn5ccnc5cn4)cc3O)nn2)[C@@H](F)C(C)(C)N1. The molecule has 5 heterocycles. The van der Waals surface area contributed by atoms with Gasteiger partial charge in [0.15, 0.2) is 11.8 Å². The van der Waals surface area contributed by atoms with Crippen LogP contribution in [-0.4, -0.2) is 58.0 Å². The molecular weight excluding hydrogens is 437 g/mol. The smallest absolute Gasteiger partial charge is 0.233 e. The van der Waals surface area contributed by atoms with Crippen molar-refractivity contribution in [3.63, 3.8) is 0 Å². The van der Waals surface area contributed by atoms with E-state index in [2.05, 4.69) is 30.5 Å². The number of halogens is 1. The van der Waals surface area contributed by atoms with Crippen LogP contribution < -0.4 is 10.1 Å². The third kappa shape index (κ3) is 4.16. The maximum absolute atomic E-state index is 15.0. The highest BCUT2D eigenvalue weighted by molar-refractivity contribution is 5.68. The Hall–Kier alpha value is -3.66. The van der Waals surface area contributed by atoms with Gasteiger partial charge in [-0.25, -0.2) is 14.4 Å². The summed E-state index contributed by atoms with van der Waals surface area (Å²) in [5.41, 5.74) is 1.66. The van der Waals surface area contributed by atoms with E-state index in [0.717, 1.165) is 5.65 Å². The lowest BCUT2D eigenvalue weighted by Crippen LogP contribution is -2.66. The Morgan fingerprint density at radius 3 is 2.65 bits per heavy atom. The van der Waals surface area contributed by atoms with Crippen molar-refractivity contribution in [3.8, 4) is 34.3 Å². The number of alkyl halides is 1. The fraction of sp³-hybridized carbons (Fsp3) is 0.375. The molecule has 0 aliphatic carbocycles. The van der Waals surface area contributed by atoms with Crippen molar-refractivity contribution in [2.24, 2.45) is 0 Å². The predicted molar refractivity (Wildman–Crippen MR) is 124 cm³/mol. The minimum atomic E-state index is -1.21. The van der Waals surface area contributed by atoms with Crippen LogP contribution in [-0.2, 0) is 0 Å². The van der Waals surface area contributed by atoms with E-state index in [0.29, 0.717) is 23.4 Å². The highest BCUT2D eigenvalue weighted by atomic mass is 19.1. The van der Waals surface area contributed by atoms with Gasteiger partial charge in [-0.2, -0.15) is 0 Å². The molecule has 0 radical (unpaired) electrons. The first-order valence-electron chi connectivity index (χ1n) is 11.0. The number of aromatic hydroxyl groups is 1. The van der Waals surface area contributed by atoms with Crippen LogP contribution in [0.2, 0.25) is 0 Å². The van der Waals surface area contributed by atoms with E-state index < -0.39 is 17.8 Å². The molecule has 1 aliphatic rings. The maximum Gasteiger partial charge on any atom is 0.233 e. The summed E-state index contributed by atoms with van der Waals surface area (Å²) in [7, 11) is 0. The molecule has 4 aromatic heterocycles. The van der Waals surface area contributed by atoms with Crippen molar-refractivity contribution in [2.75, 3.05) is 0 Å². The molecular formula is C24H26FN7O2. The molecule has 5 rings (SSSR count). The van der Waals surface area contributed by atoms with Crippen molar-refractivity contribution in [2.45, 2.75) is 57.5 Å². The molecule has 0 unspecified atom stereocenters. The van der Waals surface area contributed by atoms with E-state index in [1.54, 1.807) is 36.8 Å². The monoisotopic (exact) mass is 463 g/mol. The zero-order valence-electron chi connectivity index (χ0n) is 19.4. The number of hydrogen-bond donors (Lipinski definition) is 2. The Balaban J connectivity index is 1.35. The molecule has 9 nitrogen and oxygen atoms in total. The summed E-state index contributed by atoms with van der Waals surface area (Å²) >= 11 is 0. The van der Waals surface area contributed by atoms with Gasteiger partial charge in [-0.3, -0.25) is 4.98 Å². The van der Waals surface area contributed by atoms with Gasteiger partial charge in [-0.1, -0.05) is 0 Å². The molecule has 0 spiro atoms. The third-order valence-electron chi connectivity index (χ3n) is 5.99. The van der Waals surface area contributed by atoms with Crippen molar-refractivity contribution in [1.29, 1.82) is 0 Å². The molecule has 0 bridgehead atoms.